The molecule has 0 aromatic heterocycles. The summed E-state index contributed by atoms with van der Waals surface area (Å²) in [7, 11) is 9.17. The van der Waals surface area contributed by atoms with Crippen molar-refractivity contribution in [3.63, 3.8) is 0 Å². The summed E-state index contributed by atoms with van der Waals surface area (Å²) in [5.74, 6) is -13.4. The number of aliphatic hydroxyl groups is 1. The molecule has 1 heterocycles. The van der Waals surface area contributed by atoms with Crippen LogP contribution in [0.5, 0.6) is 0 Å². The first-order valence-corrected chi connectivity index (χ1v) is 31.7. The Labute approximate surface area is 530 Å². The van der Waals surface area contributed by atoms with Crippen LogP contribution in [0.15, 0.2) is 12.2 Å². The zero-order valence-electron chi connectivity index (χ0n) is 58.0. The lowest BCUT2D eigenvalue weighted by molar-refractivity contribution is -0.160. The van der Waals surface area contributed by atoms with Crippen LogP contribution in [0.4, 0.5) is 0 Å². The third kappa shape index (κ3) is 22.1. The molecule has 1 aliphatic rings. The number of nitrogens with zero attached hydrogens (tertiary/aromatic N) is 7. The normalized spacial score (nSPS) is 27.0. The Bertz CT molecular complexity index is 2490. The fourth-order valence-corrected chi connectivity index (χ4v) is 11.1. The first kappa shape index (κ1) is 80.4. The van der Waals surface area contributed by atoms with Gasteiger partial charge in [-0.25, -0.2) is 4.79 Å². The number of aliphatic carboxylic acids is 1. The maximum atomic E-state index is 15.2. The number of nitrogens with one attached hydrogen (secondary N) is 4. The average molecular weight is 1260 g/mol. The van der Waals surface area contributed by atoms with Crippen molar-refractivity contribution >= 4 is 70.9 Å². The van der Waals surface area contributed by atoms with Crippen LogP contribution in [0.2, 0.25) is 0 Å². The Kier molecular flexibility index (Phi) is 32.7. The number of hydrogen-bond acceptors (Lipinski definition) is 13. The molecule has 1 fully saturated rings. The molecular formula is C64H113N11O14. The maximum Gasteiger partial charge on any atom is 0.336 e. The van der Waals surface area contributed by atoms with E-state index in [9.17, 15) is 58.2 Å². The van der Waals surface area contributed by atoms with E-state index >= 15 is 9.59 Å². The van der Waals surface area contributed by atoms with Crippen LogP contribution >= 0.6 is 0 Å². The van der Waals surface area contributed by atoms with Crippen molar-refractivity contribution in [1.29, 1.82) is 0 Å². The van der Waals surface area contributed by atoms with E-state index in [-0.39, 0.29) is 62.2 Å². The fraction of sp³-hybridized carbons (Fsp3) is 0.781. The van der Waals surface area contributed by atoms with Crippen LogP contribution in [-0.4, -0.2) is 237 Å². The van der Waals surface area contributed by atoms with Crippen LogP contribution in [0.3, 0.4) is 0 Å². The molecule has 0 spiro atoms. The maximum absolute atomic E-state index is 15.2. The Hall–Kier alpha value is -6.66. The third-order valence-electron chi connectivity index (χ3n) is 16.8. The molecule has 6 N–H and O–H groups in total. The lowest BCUT2D eigenvalue weighted by atomic mass is 9.91. The predicted molar refractivity (Wildman–Crippen MR) is 340 cm³/mol. The van der Waals surface area contributed by atoms with Gasteiger partial charge in [0.05, 0.1) is 6.10 Å². The first-order valence-electron chi connectivity index (χ1n) is 31.7. The highest BCUT2D eigenvalue weighted by atomic mass is 16.4. The summed E-state index contributed by atoms with van der Waals surface area (Å²) in [6, 6.07) is -15.7. The quantitative estimate of drug-likeness (QED) is 0.0901. The summed E-state index contributed by atoms with van der Waals surface area (Å²) in [4.78, 5) is 182. The number of allylic oxidation sites excluding steroid dienone is 2. The minimum Gasteiger partial charge on any atom is -0.479 e. The monoisotopic (exact) mass is 1260 g/mol. The molecule has 0 aromatic carbocycles. The molecule has 1 saturated heterocycles. The second kappa shape index (κ2) is 36.3. The fourth-order valence-electron chi connectivity index (χ4n) is 11.1. The van der Waals surface area contributed by atoms with Crippen molar-refractivity contribution < 1.29 is 67.7 Å². The molecule has 89 heavy (non-hydrogen) atoms. The van der Waals surface area contributed by atoms with Gasteiger partial charge in [0.2, 0.25) is 65.1 Å². The van der Waals surface area contributed by atoms with Crippen molar-refractivity contribution in [3.8, 4) is 0 Å². The van der Waals surface area contributed by atoms with Gasteiger partial charge in [-0.05, 0) is 107 Å². The first-order chi connectivity index (χ1) is 41.0. The highest BCUT2D eigenvalue weighted by molar-refractivity contribution is 6.06. The van der Waals surface area contributed by atoms with E-state index in [1.807, 2.05) is 41.5 Å². The number of likely N-dealkylation sites (N-methyl/N-ethyl adjacent to an activating group) is 7. The second-order valence-corrected chi connectivity index (χ2v) is 26.9. The predicted octanol–water partition coefficient (Wildman–Crippen LogP) is 3.11. The Morgan fingerprint density at radius 2 is 0.910 bits per heavy atom. The Morgan fingerprint density at radius 3 is 1.36 bits per heavy atom. The molecule has 11 amide bonds. The van der Waals surface area contributed by atoms with Gasteiger partial charge in [0, 0.05) is 49.3 Å². The molecule has 25 nitrogen and oxygen atoms in total. The second-order valence-electron chi connectivity index (χ2n) is 26.9. The molecule has 0 bridgehead atoms. The van der Waals surface area contributed by atoms with Gasteiger partial charge in [-0.3, -0.25) is 52.7 Å². The number of amides is 11. The molecule has 1 rings (SSSR count). The molecular weight excluding hydrogens is 1150 g/mol. The van der Waals surface area contributed by atoms with Gasteiger partial charge in [-0.2, -0.15) is 0 Å². The van der Waals surface area contributed by atoms with Gasteiger partial charge >= 0.3 is 5.97 Å². The van der Waals surface area contributed by atoms with Crippen molar-refractivity contribution in [3.05, 3.63) is 12.2 Å². The topological polar surface area (TPSA) is 316 Å². The molecule has 508 valence electrons. The van der Waals surface area contributed by atoms with Gasteiger partial charge in [0.15, 0.2) is 0 Å². The lowest BCUT2D eigenvalue weighted by Crippen LogP contribution is -2.64. The van der Waals surface area contributed by atoms with Crippen LogP contribution in [0.1, 0.15) is 163 Å². The molecule has 0 aliphatic carbocycles. The van der Waals surface area contributed by atoms with Gasteiger partial charge in [-0.15, -0.1) is 0 Å². The van der Waals surface area contributed by atoms with E-state index in [1.54, 1.807) is 67.5 Å². The van der Waals surface area contributed by atoms with Gasteiger partial charge in [0.1, 0.15) is 60.4 Å². The van der Waals surface area contributed by atoms with Crippen molar-refractivity contribution in [2.75, 3.05) is 49.3 Å². The van der Waals surface area contributed by atoms with Gasteiger partial charge < -0.3 is 65.8 Å². The molecule has 0 saturated carbocycles. The average Bonchev–Trinajstić information content (AvgIpc) is 0.915. The molecule has 0 radical (unpaired) electrons. The number of aliphatic hydroxyl groups excluding tert-OH is 1. The third-order valence-corrected chi connectivity index (χ3v) is 16.8. The zero-order valence-corrected chi connectivity index (χ0v) is 58.0. The minimum atomic E-state index is -2.27. The van der Waals surface area contributed by atoms with Gasteiger partial charge in [-0.1, -0.05) is 109 Å². The summed E-state index contributed by atoms with van der Waals surface area (Å²) in [6.45, 7) is 29.2. The number of hydrogen-bond donors (Lipinski definition) is 6. The summed E-state index contributed by atoms with van der Waals surface area (Å²) >= 11 is 0. The van der Waals surface area contributed by atoms with E-state index in [0.717, 1.165) is 16.8 Å². The largest absolute Gasteiger partial charge is 0.479 e. The van der Waals surface area contributed by atoms with Crippen molar-refractivity contribution in [2.24, 2.45) is 41.4 Å². The smallest absolute Gasteiger partial charge is 0.336 e. The van der Waals surface area contributed by atoms with Crippen LogP contribution in [0, 0.1) is 41.4 Å². The molecule has 25 heteroatoms. The van der Waals surface area contributed by atoms with E-state index in [2.05, 4.69) is 21.3 Å². The van der Waals surface area contributed by atoms with Crippen molar-refractivity contribution in [2.45, 2.75) is 235 Å². The van der Waals surface area contributed by atoms with Crippen molar-refractivity contribution in [1.82, 2.24) is 55.6 Å². The summed E-state index contributed by atoms with van der Waals surface area (Å²) in [5, 5.41) is 33.6. The number of rotatable bonds is 17. The summed E-state index contributed by atoms with van der Waals surface area (Å²) < 4.78 is 0. The van der Waals surface area contributed by atoms with E-state index in [1.165, 1.54) is 82.7 Å². The summed E-state index contributed by atoms with van der Waals surface area (Å²) in [6.07, 6.45) is 2.73. The Balaban J connectivity index is 4.47. The zero-order chi connectivity index (χ0) is 69.1. The SMILES string of the molecule is C/C=C/C[C@@H](C)[C@@H](O)[C@H]1C(=O)N[C@@H](CC)C(=O)N(C)C(C(=O)O)C(=O)N(C)[C@@H](CC(C)C)C(=O)N[C@H](C(C)C)C(=O)N(C)[C@H](CCC(C)C)C(=O)N[C@H](C)C(=O)N[C@@H](C)C(=O)N(C)[C@H](CC(C)C)C(=O)N(C)[C@@H](CC(C)C)C(=O)N(C)[C@@H](C(C)C)C(=O)N1C. The summed E-state index contributed by atoms with van der Waals surface area (Å²) in [5.41, 5.74) is 0. The minimum absolute atomic E-state index is 0.0449. The van der Waals surface area contributed by atoms with Gasteiger partial charge in [0.25, 0.3) is 5.91 Å². The van der Waals surface area contributed by atoms with E-state index in [4.69, 9.17) is 0 Å². The molecule has 1 unspecified atom stereocenters. The lowest BCUT2D eigenvalue weighted by Gasteiger charge is -2.41. The van der Waals surface area contributed by atoms with E-state index < -0.39 is 161 Å². The van der Waals surface area contributed by atoms with Crippen LogP contribution in [0.25, 0.3) is 0 Å². The molecule has 1 aliphatic heterocycles. The highest BCUT2D eigenvalue weighted by Crippen LogP contribution is 2.26. The highest BCUT2D eigenvalue weighted by Gasteiger charge is 2.47. The van der Waals surface area contributed by atoms with E-state index in [0.29, 0.717) is 11.3 Å². The number of carbonyl (C=O) groups is 12. The molecule has 13 atom stereocenters. The number of carbonyl (C=O) groups excluding carboxylic acids is 11. The van der Waals surface area contributed by atoms with Crippen LogP contribution in [-0.2, 0) is 57.5 Å². The molecule has 0 aromatic rings. The Morgan fingerprint density at radius 1 is 0.472 bits per heavy atom. The van der Waals surface area contributed by atoms with Crippen LogP contribution < -0.4 is 21.3 Å². The number of carboxylic acids is 1. The number of carboxylic acid groups (broad SMARTS) is 1. The standard InChI is InChI=1S/C64H113N11O14/c1-25-27-28-40(15)52(76)50-56(80)67-43(26-2)58(82)75(24)51(64(88)89)63(87)70(19)45(31-35(5)6)55(79)68-48(38(11)12)61(85)69(18)44(30-29-34(3)4)54(78)65-41(16)53(77)66-42(17)57(81)71(20)46(32-36(7)8)59(83)72(21)47(33-37(9)10)60(84)73(22)49(39(13)14)62(86)74(50)23/h25,27,34-52,76H,26,28-33H2,1-24H3,(H,65,78)(H,66,77)(H,67,80)(H,68,79)(H,88,89)/b27-25+/t40-,41-,42+,43+,44-,45+,46-,47+,48-,49+,50+,51?,52-/m1/s1.